The van der Waals surface area contributed by atoms with E-state index >= 15 is 0 Å². The second kappa shape index (κ2) is 5.79. The molecule has 20 heavy (non-hydrogen) atoms. The maximum absolute atomic E-state index is 14.0. The van der Waals surface area contributed by atoms with Crippen LogP contribution in [0.1, 0.15) is 29.1 Å². The van der Waals surface area contributed by atoms with E-state index in [-0.39, 0.29) is 17.7 Å². The van der Waals surface area contributed by atoms with E-state index in [4.69, 9.17) is 0 Å². The summed E-state index contributed by atoms with van der Waals surface area (Å²) in [4.78, 5) is 15.2. The number of methoxy groups -OCH3 is 1. The Morgan fingerprint density at radius 1 is 1.50 bits per heavy atom. The van der Waals surface area contributed by atoms with Gasteiger partial charge in [-0.05, 0) is 26.1 Å². The first-order valence-corrected chi connectivity index (χ1v) is 6.04. The maximum Gasteiger partial charge on any atom is 0.377 e. The Kier molecular flexibility index (Phi) is 4.09. The number of nitrogens with zero attached hydrogens (tertiary/aromatic N) is 3. The minimum Gasteiger partial charge on any atom is -0.463 e. The van der Waals surface area contributed by atoms with Crippen LogP contribution < -0.4 is 5.32 Å². The molecule has 1 aromatic heterocycles. The van der Waals surface area contributed by atoms with Crippen LogP contribution >= 0.6 is 0 Å². The van der Waals surface area contributed by atoms with Crippen molar-refractivity contribution in [2.45, 2.75) is 13.0 Å². The van der Waals surface area contributed by atoms with Crippen molar-refractivity contribution in [1.82, 2.24) is 20.1 Å². The Bertz CT molecular complexity index is 627. The largest absolute Gasteiger partial charge is 0.463 e. The minimum atomic E-state index is -0.636. The highest BCUT2D eigenvalue weighted by molar-refractivity contribution is 5.84. The van der Waals surface area contributed by atoms with Gasteiger partial charge in [0, 0.05) is 11.6 Å². The third-order valence-corrected chi connectivity index (χ3v) is 3.00. The van der Waals surface area contributed by atoms with Crippen LogP contribution in [0.5, 0.6) is 0 Å². The number of esters is 1. The predicted octanol–water partition coefficient (Wildman–Crippen LogP) is 1.47. The van der Waals surface area contributed by atoms with E-state index in [1.807, 2.05) is 6.92 Å². The molecule has 0 bridgehead atoms. The normalized spacial score (nSPS) is 12.2. The Balaban J connectivity index is 2.50. The highest BCUT2D eigenvalue weighted by Crippen LogP contribution is 2.24. The molecule has 7 heteroatoms. The molecule has 0 spiro atoms. The predicted molar refractivity (Wildman–Crippen MR) is 70.1 cm³/mol. The van der Waals surface area contributed by atoms with Gasteiger partial charge < -0.3 is 10.1 Å². The van der Waals surface area contributed by atoms with Crippen molar-refractivity contribution in [2.75, 3.05) is 14.2 Å². The van der Waals surface area contributed by atoms with Crippen LogP contribution in [0.4, 0.5) is 4.39 Å². The lowest BCUT2D eigenvalue weighted by molar-refractivity contribution is 0.0587. The number of hydrogen-bond donors (Lipinski definition) is 1. The average molecular weight is 278 g/mol. The number of halogens is 1. The Hall–Kier alpha value is -2.28. The van der Waals surface area contributed by atoms with Crippen molar-refractivity contribution in [2.24, 2.45) is 0 Å². The van der Waals surface area contributed by atoms with Crippen molar-refractivity contribution >= 4 is 5.97 Å². The third kappa shape index (κ3) is 2.53. The number of nitrogens with one attached hydrogen (secondary N) is 1. The lowest BCUT2D eigenvalue weighted by atomic mass is 10.1. The zero-order valence-electron chi connectivity index (χ0n) is 11.4. The molecule has 0 radical (unpaired) electrons. The van der Waals surface area contributed by atoms with Gasteiger partial charge >= 0.3 is 5.97 Å². The van der Waals surface area contributed by atoms with Crippen LogP contribution in [0, 0.1) is 5.82 Å². The summed E-state index contributed by atoms with van der Waals surface area (Å²) in [7, 11) is 2.99. The molecule has 6 nitrogen and oxygen atoms in total. The van der Waals surface area contributed by atoms with Gasteiger partial charge in [-0.15, -0.1) is 5.10 Å². The van der Waals surface area contributed by atoms with Gasteiger partial charge in [0.05, 0.1) is 12.8 Å². The number of benzene rings is 1. The van der Waals surface area contributed by atoms with Crippen LogP contribution in [-0.4, -0.2) is 34.9 Å². The van der Waals surface area contributed by atoms with Gasteiger partial charge in [0.1, 0.15) is 12.1 Å². The van der Waals surface area contributed by atoms with Crippen LogP contribution in [-0.2, 0) is 4.74 Å². The molecular formula is C13H15FN4O2. The van der Waals surface area contributed by atoms with Crippen molar-refractivity contribution < 1.29 is 13.9 Å². The standard InChI is InChI=1S/C13H15FN4O2/c1-8(15-2)11-9(14)5-4-6-10(11)18-7-16-12(17-18)13(19)20-3/h4-8,15H,1-3H3. The van der Waals surface area contributed by atoms with E-state index in [1.54, 1.807) is 19.2 Å². The lowest BCUT2D eigenvalue weighted by Crippen LogP contribution is -2.17. The van der Waals surface area contributed by atoms with Gasteiger partial charge in [-0.2, -0.15) is 0 Å². The molecule has 1 aromatic carbocycles. The van der Waals surface area contributed by atoms with Crippen LogP contribution in [0.15, 0.2) is 24.5 Å². The lowest BCUT2D eigenvalue weighted by Gasteiger charge is -2.16. The van der Waals surface area contributed by atoms with E-state index in [0.717, 1.165) is 0 Å². The number of ether oxygens (including phenoxy) is 1. The smallest absolute Gasteiger partial charge is 0.377 e. The van der Waals surface area contributed by atoms with E-state index < -0.39 is 5.97 Å². The number of carbonyl (C=O) groups excluding carboxylic acids is 1. The molecule has 2 rings (SSSR count). The molecule has 1 heterocycles. The van der Waals surface area contributed by atoms with Gasteiger partial charge in [0.25, 0.3) is 5.82 Å². The molecule has 0 saturated carbocycles. The summed E-state index contributed by atoms with van der Waals surface area (Å²) < 4.78 is 19.9. The first kappa shape index (κ1) is 14.1. The Morgan fingerprint density at radius 2 is 2.25 bits per heavy atom. The van der Waals surface area contributed by atoms with Crippen molar-refractivity contribution in [3.63, 3.8) is 0 Å². The first-order chi connectivity index (χ1) is 9.58. The molecule has 0 saturated heterocycles. The Morgan fingerprint density at radius 3 is 2.90 bits per heavy atom. The molecule has 0 fully saturated rings. The van der Waals surface area contributed by atoms with Crippen LogP contribution in [0.2, 0.25) is 0 Å². The fourth-order valence-corrected chi connectivity index (χ4v) is 1.86. The van der Waals surface area contributed by atoms with E-state index in [0.29, 0.717) is 11.3 Å². The fraction of sp³-hybridized carbons (Fsp3) is 0.308. The molecule has 0 aliphatic carbocycles. The molecule has 0 amide bonds. The molecule has 106 valence electrons. The first-order valence-electron chi connectivity index (χ1n) is 6.04. The summed E-state index contributed by atoms with van der Waals surface area (Å²) in [6, 6.07) is 4.46. The molecular weight excluding hydrogens is 263 g/mol. The van der Waals surface area contributed by atoms with Gasteiger partial charge in [-0.25, -0.2) is 18.9 Å². The molecule has 1 unspecified atom stereocenters. The van der Waals surface area contributed by atoms with E-state index in [1.165, 1.54) is 24.2 Å². The average Bonchev–Trinajstić information content (AvgIpc) is 2.95. The van der Waals surface area contributed by atoms with Gasteiger partial charge in [0.15, 0.2) is 0 Å². The summed E-state index contributed by atoms with van der Waals surface area (Å²) in [5.41, 5.74) is 0.978. The number of carbonyl (C=O) groups is 1. The summed E-state index contributed by atoms with van der Waals surface area (Å²) in [6.07, 6.45) is 1.35. The van der Waals surface area contributed by atoms with E-state index in [2.05, 4.69) is 20.1 Å². The number of rotatable bonds is 4. The molecule has 1 N–H and O–H groups in total. The zero-order valence-corrected chi connectivity index (χ0v) is 11.4. The SMILES string of the molecule is CNC(C)c1c(F)cccc1-n1cnc(C(=O)OC)n1. The molecule has 0 aliphatic heterocycles. The summed E-state index contributed by atoms with van der Waals surface area (Å²) >= 11 is 0. The van der Waals surface area contributed by atoms with Crippen molar-refractivity contribution in [1.29, 1.82) is 0 Å². The maximum atomic E-state index is 14.0. The monoisotopic (exact) mass is 278 g/mol. The zero-order chi connectivity index (χ0) is 14.7. The number of hydrogen-bond acceptors (Lipinski definition) is 5. The molecule has 1 atom stereocenters. The highest BCUT2D eigenvalue weighted by Gasteiger charge is 2.18. The second-order valence-corrected chi connectivity index (χ2v) is 4.19. The quantitative estimate of drug-likeness (QED) is 0.858. The minimum absolute atomic E-state index is 0.0696. The summed E-state index contributed by atoms with van der Waals surface area (Å²) in [5, 5.41) is 6.99. The molecule has 0 aliphatic rings. The highest BCUT2D eigenvalue weighted by atomic mass is 19.1. The summed E-state index contributed by atoms with van der Waals surface area (Å²) in [5.74, 6) is -1.05. The Labute approximate surface area is 115 Å². The second-order valence-electron chi connectivity index (χ2n) is 4.19. The van der Waals surface area contributed by atoms with Gasteiger partial charge in [-0.3, -0.25) is 0 Å². The van der Waals surface area contributed by atoms with Crippen molar-refractivity contribution in [3.8, 4) is 5.69 Å². The van der Waals surface area contributed by atoms with Gasteiger partial charge in [0.2, 0.25) is 0 Å². The topological polar surface area (TPSA) is 69.0 Å². The van der Waals surface area contributed by atoms with Crippen LogP contribution in [0.25, 0.3) is 5.69 Å². The van der Waals surface area contributed by atoms with E-state index in [9.17, 15) is 9.18 Å². The number of aromatic nitrogens is 3. The summed E-state index contributed by atoms with van der Waals surface area (Å²) in [6.45, 7) is 1.83. The van der Waals surface area contributed by atoms with Crippen LogP contribution in [0.3, 0.4) is 0 Å². The van der Waals surface area contributed by atoms with Crippen molar-refractivity contribution in [3.05, 3.63) is 41.7 Å². The molecule has 2 aromatic rings. The van der Waals surface area contributed by atoms with Gasteiger partial charge in [-0.1, -0.05) is 6.07 Å². The fourth-order valence-electron chi connectivity index (χ4n) is 1.86. The third-order valence-electron chi connectivity index (χ3n) is 3.00.